The predicted octanol–water partition coefficient (Wildman–Crippen LogP) is 3.35. The van der Waals surface area contributed by atoms with Crippen molar-refractivity contribution >= 4 is 34.1 Å². The Morgan fingerprint density at radius 1 is 1.04 bits per heavy atom. The Morgan fingerprint density at radius 2 is 1.85 bits per heavy atom. The number of nitrogens with one attached hydrogen (secondary N) is 3. The molecule has 3 amide bonds. The molecule has 3 rings (SSSR count). The second kappa shape index (κ2) is 8.91. The van der Waals surface area contributed by atoms with Gasteiger partial charge in [-0.25, -0.2) is 9.78 Å². The average molecular weight is 381 g/mol. The summed E-state index contributed by atoms with van der Waals surface area (Å²) in [6.07, 6.45) is 1.83. The lowest BCUT2D eigenvalue weighted by molar-refractivity contribution is -0.120. The molecule has 3 aromatic rings. The maximum atomic E-state index is 12.0. The summed E-state index contributed by atoms with van der Waals surface area (Å²) < 4.78 is 0. The third kappa shape index (κ3) is 5.89. The molecular formula is C19H19N5O2S. The largest absolute Gasteiger partial charge is 0.350 e. The third-order valence-electron chi connectivity index (χ3n) is 3.62. The summed E-state index contributed by atoms with van der Waals surface area (Å²) in [7, 11) is 0. The van der Waals surface area contributed by atoms with Crippen molar-refractivity contribution in [1.82, 2.24) is 15.3 Å². The van der Waals surface area contributed by atoms with Crippen molar-refractivity contribution in [3.8, 4) is 0 Å². The van der Waals surface area contributed by atoms with Gasteiger partial charge in [0.25, 0.3) is 0 Å². The standard InChI is InChI=1S/C19H19N5O2S/c1-13-5-7-14(8-6-13)22-18(26)24-19-23-16(12-27-19)10-17(25)21-11-15-4-2-3-9-20-15/h2-9,12H,10-11H2,1H3,(H,21,25)(H2,22,23,24,26). The molecule has 0 aliphatic carbocycles. The number of rotatable bonds is 6. The van der Waals surface area contributed by atoms with Crippen LogP contribution in [-0.2, 0) is 17.8 Å². The Kier molecular flexibility index (Phi) is 6.11. The van der Waals surface area contributed by atoms with Gasteiger partial charge in [-0.05, 0) is 31.2 Å². The van der Waals surface area contributed by atoms with Crippen molar-refractivity contribution in [1.29, 1.82) is 0 Å². The van der Waals surface area contributed by atoms with E-state index in [1.807, 2.05) is 49.4 Å². The first-order valence-corrected chi connectivity index (χ1v) is 9.22. The molecule has 0 aliphatic rings. The number of aryl methyl sites for hydroxylation is 1. The average Bonchev–Trinajstić information content (AvgIpc) is 3.09. The van der Waals surface area contributed by atoms with E-state index >= 15 is 0 Å². The molecule has 0 radical (unpaired) electrons. The van der Waals surface area contributed by atoms with Crippen LogP contribution in [0.25, 0.3) is 0 Å². The summed E-state index contributed by atoms with van der Waals surface area (Å²) in [6, 6.07) is 12.7. The first kappa shape index (κ1) is 18.5. The van der Waals surface area contributed by atoms with Crippen LogP contribution in [0.1, 0.15) is 17.0 Å². The maximum absolute atomic E-state index is 12.0. The van der Waals surface area contributed by atoms with Crippen molar-refractivity contribution in [3.05, 3.63) is 71.0 Å². The van der Waals surface area contributed by atoms with Crippen LogP contribution in [0, 0.1) is 6.92 Å². The van der Waals surface area contributed by atoms with Crippen molar-refractivity contribution in [2.24, 2.45) is 0 Å². The summed E-state index contributed by atoms with van der Waals surface area (Å²) in [5, 5.41) is 10.4. The fourth-order valence-corrected chi connectivity index (χ4v) is 2.97. The van der Waals surface area contributed by atoms with Crippen LogP contribution in [0.5, 0.6) is 0 Å². The lowest BCUT2D eigenvalue weighted by Crippen LogP contribution is -2.25. The van der Waals surface area contributed by atoms with Crippen molar-refractivity contribution < 1.29 is 9.59 Å². The van der Waals surface area contributed by atoms with Gasteiger partial charge in [-0.2, -0.15) is 0 Å². The Balaban J connectivity index is 1.46. The molecule has 7 nitrogen and oxygen atoms in total. The van der Waals surface area contributed by atoms with Crippen molar-refractivity contribution in [2.45, 2.75) is 19.9 Å². The van der Waals surface area contributed by atoms with Crippen LogP contribution in [0.15, 0.2) is 54.0 Å². The highest BCUT2D eigenvalue weighted by atomic mass is 32.1. The van der Waals surface area contributed by atoms with Gasteiger partial charge in [0.2, 0.25) is 5.91 Å². The van der Waals surface area contributed by atoms with Gasteiger partial charge >= 0.3 is 6.03 Å². The lowest BCUT2D eigenvalue weighted by atomic mass is 10.2. The van der Waals surface area contributed by atoms with Gasteiger partial charge in [0.1, 0.15) is 0 Å². The molecule has 138 valence electrons. The van der Waals surface area contributed by atoms with Gasteiger partial charge in [0, 0.05) is 17.3 Å². The number of hydrogen-bond acceptors (Lipinski definition) is 5. The molecule has 0 bridgehead atoms. The molecule has 2 aromatic heterocycles. The van der Waals surface area contributed by atoms with E-state index < -0.39 is 0 Å². The molecule has 0 aliphatic heterocycles. The van der Waals surface area contributed by atoms with Gasteiger partial charge < -0.3 is 10.6 Å². The number of nitrogens with zero attached hydrogens (tertiary/aromatic N) is 2. The van der Waals surface area contributed by atoms with Gasteiger partial charge in [-0.1, -0.05) is 23.8 Å². The zero-order valence-corrected chi connectivity index (χ0v) is 15.5. The zero-order chi connectivity index (χ0) is 19.1. The minimum absolute atomic E-state index is 0.143. The summed E-state index contributed by atoms with van der Waals surface area (Å²) in [6.45, 7) is 2.35. The number of anilines is 2. The molecule has 0 spiro atoms. The van der Waals surface area contributed by atoms with E-state index in [1.165, 1.54) is 11.3 Å². The van der Waals surface area contributed by atoms with E-state index in [0.717, 1.165) is 11.3 Å². The molecule has 1 aromatic carbocycles. The monoisotopic (exact) mass is 381 g/mol. The van der Waals surface area contributed by atoms with E-state index in [1.54, 1.807) is 11.6 Å². The molecular weight excluding hydrogens is 362 g/mol. The number of urea groups is 1. The molecule has 27 heavy (non-hydrogen) atoms. The number of benzene rings is 1. The topological polar surface area (TPSA) is 96.0 Å². The summed E-state index contributed by atoms with van der Waals surface area (Å²) in [4.78, 5) is 32.4. The highest BCUT2D eigenvalue weighted by Crippen LogP contribution is 2.16. The third-order valence-corrected chi connectivity index (χ3v) is 4.42. The fraction of sp³-hybridized carbons (Fsp3) is 0.158. The Morgan fingerprint density at radius 3 is 2.59 bits per heavy atom. The highest BCUT2D eigenvalue weighted by Gasteiger charge is 2.10. The second-order valence-electron chi connectivity index (χ2n) is 5.86. The quantitative estimate of drug-likeness (QED) is 0.610. The predicted molar refractivity (Wildman–Crippen MR) is 106 cm³/mol. The molecule has 3 N–H and O–H groups in total. The highest BCUT2D eigenvalue weighted by molar-refractivity contribution is 7.14. The summed E-state index contributed by atoms with van der Waals surface area (Å²) in [5.41, 5.74) is 3.21. The van der Waals surface area contributed by atoms with E-state index in [-0.39, 0.29) is 18.4 Å². The molecule has 8 heteroatoms. The normalized spacial score (nSPS) is 10.3. The zero-order valence-electron chi connectivity index (χ0n) is 14.7. The molecule has 0 atom stereocenters. The van der Waals surface area contributed by atoms with E-state index in [9.17, 15) is 9.59 Å². The van der Waals surface area contributed by atoms with Crippen LogP contribution >= 0.6 is 11.3 Å². The van der Waals surface area contributed by atoms with E-state index in [2.05, 4.69) is 25.9 Å². The fourth-order valence-electron chi connectivity index (χ4n) is 2.26. The van der Waals surface area contributed by atoms with Gasteiger partial charge in [-0.3, -0.25) is 15.1 Å². The second-order valence-corrected chi connectivity index (χ2v) is 6.72. The van der Waals surface area contributed by atoms with E-state index in [4.69, 9.17) is 0 Å². The number of amides is 3. The minimum atomic E-state index is -0.376. The number of thiazole rings is 1. The Labute approximate surface area is 160 Å². The lowest BCUT2D eigenvalue weighted by Gasteiger charge is -2.05. The molecule has 0 saturated carbocycles. The molecule has 0 fully saturated rings. The number of hydrogen-bond donors (Lipinski definition) is 3. The van der Waals surface area contributed by atoms with Crippen LogP contribution in [0.3, 0.4) is 0 Å². The van der Waals surface area contributed by atoms with E-state index in [0.29, 0.717) is 23.1 Å². The number of pyridine rings is 1. The van der Waals surface area contributed by atoms with Gasteiger partial charge in [0.15, 0.2) is 5.13 Å². The summed E-state index contributed by atoms with van der Waals surface area (Å²) >= 11 is 1.27. The first-order valence-electron chi connectivity index (χ1n) is 8.34. The van der Waals surface area contributed by atoms with Crippen molar-refractivity contribution in [2.75, 3.05) is 10.6 Å². The van der Waals surface area contributed by atoms with Crippen LogP contribution in [-0.4, -0.2) is 21.9 Å². The van der Waals surface area contributed by atoms with Crippen LogP contribution < -0.4 is 16.0 Å². The minimum Gasteiger partial charge on any atom is -0.350 e. The first-order chi connectivity index (χ1) is 13.1. The number of carbonyl (C=O) groups excluding carboxylic acids is 2. The molecule has 0 unspecified atom stereocenters. The van der Waals surface area contributed by atoms with Crippen molar-refractivity contribution in [3.63, 3.8) is 0 Å². The molecule has 2 heterocycles. The van der Waals surface area contributed by atoms with Gasteiger partial charge in [0.05, 0.1) is 24.4 Å². The Hall–Kier alpha value is -3.26. The number of carbonyl (C=O) groups is 2. The summed E-state index contributed by atoms with van der Waals surface area (Å²) in [5.74, 6) is -0.151. The molecule has 0 saturated heterocycles. The van der Waals surface area contributed by atoms with Crippen LogP contribution in [0.4, 0.5) is 15.6 Å². The number of aromatic nitrogens is 2. The van der Waals surface area contributed by atoms with Crippen LogP contribution in [0.2, 0.25) is 0 Å². The Bertz CT molecular complexity index is 909. The SMILES string of the molecule is Cc1ccc(NC(=O)Nc2nc(CC(=O)NCc3ccccn3)cs2)cc1. The smallest absolute Gasteiger partial charge is 0.325 e. The van der Waals surface area contributed by atoms with Gasteiger partial charge in [-0.15, -0.1) is 11.3 Å². The maximum Gasteiger partial charge on any atom is 0.325 e.